The minimum absolute atomic E-state index is 0.000234. The van der Waals surface area contributed by atoms with Crippen LogP contribution in [0.5, 0.6) is 0 Å². The molecule has 7 heteroatoms. The van der Waals surface area contributed by atoms with Gasteiger partial charge in [0.25, 0.3) is 0 Å². The maximum atomic E-state index is 12.6. The lowest BCUT2D eigenvalue weighted by molar-refractivity contribution is -0.143. The number of nitrogens with zero attached hydrogens (tertiary/aromatic N) is 2. The Kier molecular flexibility index (Phi) is 4.04. The van der Waals surface area contributed by atoms with Crippen molar-refractivity contribution in [2.75, 3.05) is 20.3 Å². The highest BCUT2D eigenvalue weighted by atomic mass is 16.6. The van der Waals surface area contributed by atoms with Crippen molar-refractivity contribution in [3.63, 3.8) is 0 Å². The number of hydrogen-bond donors (Lipinski definition) is 1. The third-order valence-electron chi connectivity index (χ3n) is 5.01. The number of piperidine rings is 2. The summed E-state index contributed by atoms with van der Waals surface area (Å²) in [6.45, 7) is 6.12. The molecule has 3 bridgehead atoms. The van der Waals surface area contributed by atoms with Gasteiger partial charge in [-0.25, -0.2) is 4.79 Å². The first kappa shape index (κ1) is 16.5. The molecule has 0 aromatic heterocycles. The first-order valence-corrected chi connectivity index (χ1v) is 8.20. The van der Waals surface area contributed by atoms with Crippen LogP contribution in [-0.4, -0.2) is 77.0 Å². The highest BCUT2D eigenvalue weighted by Crippen LogP contribution is 2.46. The minimum Gasteiger partial charge on any atom is -0.444 e. The number of methoxy groups -OCH3 is 1. The average molecular weight is 326 g/mol. The molecule has 3 rings (SSSR count). The van der Waals surface area contributed by atoms with E-state index >= 15 is 0 Å². The maximum absolute atomic E-state index is 12.6. The van der Waals surface area contributed by atoms with E-state index in [-0.39, 0.29) is 30.6 Å². The van der Waals surface area contributed by atoms with Crippen LogP contribution in [0.1, 0.15) is 33.6 Å². The molecule has 7 nitrogen and oxygen atoms in total. The fourth-order valence-electron chi connectivity index (χ4n) is 4.32. The summed E-state index contributed by atoms with van der Waals surface area (Å²) in [5.41, 5.74) is -0.580. The zero-order valence-electron chi connectivity index (χ0n) is 14.2. The highest BCUT2D eigenvalue weighted by molar-refractivity contribution is 5.79. The number of carbonyl (C=O) groups excluding carboxylic acids is 2. The largest absolute Gasteiger partial charge is 0.444 e. The molecule has 130 valence electrons. The molecule has 2 amide bonds. The molecule has 1 N–H and O–H groups in total. The van der Waals surface area contributed by atoms with Gasteiger partial charge in [0.05, 0.1) is 24.2 Å². The van der Waals surface area contributed by atoms with Crippen LogP contribution in [0.4, 0.5) is 4.79 Å². The monoisotopic (exact) mass is 326 g/mol. The summed E-state index contributed by atoms with van der Waals surface area (Å²) >= 11 is 0. The first-order chi connectivity index (χ1) is 10.7. The van der Waals surface area contributed by atoms with Crippen molar-refractivity contribution in [3.05, 3.63) is 0 Å². The van der Waals surface area contributed by atoms with Gasteiger partial charge in [0.2, 0.25) is 5.91 Å². The predicted octanol–water partition coefficient (Wildman–Crippen LogP) is 0.602. The van der Waals surface area contributed by atoms with Crippen LogP contribution in [0.15, 0.2) is 0 Å². The standard InChI is InChI=1S/C16H26N2O5/c1-16(2,3)23-15(21)18-10-5-9-6-11(18)14(20)13(10)17(7-9)12(19)8-22-4/h9-11,13-14,20H,5-8H2,1-4H3. The number of aliphatic hydroxyl groups excluding tert-OH is 1. The minimum atomic E-state index is -0.721. The van der Waals surface area contributed by atoms with Crippen LogP contribution in [0.3, 0.4) is 0 Å². The summed E-state index contributed by atoms with van der Waals surface area (Å²) in [6, 6.07) is -0.786. The lowest BCUT2D eigenvalue weighted by Gasteiger charge is -2.46. The van der Waals surface area contributed by atoms with Crippen LogP contribution >= 0.6 is 0 Å². The van der Waals surface area contributed by atoms with Crippen LogP contribution in [0, 0.1) is 5.92 Å². The van der Waals surface area contributed by atoms with Crippen LogP contribution in [-0.2, 0) is 14.3 Å². The number of rotatable bonds is 2. The molecule has 3 heterocycles. The van der Waals surface area contributed by atoms with Gasteiger partial charge >= 0.3 is 6.09 Å². The summed E-state index contributed by atoms with van der Waals surface area (Å²) < 4.78 is 10.5. The van der Waals surface area contributed by atoms with Crippen LogP contribution in [0.2, 0.25) is 0 Å². The Labute approximate surface area is 136 Å². The van der Waals surface area contributed by atoms with Gasteiger partial charge in [-0.2, -0.15) is 0 Å². The molecule has 0 aromatic rings. The van der Waals surface area contributed by atoms with E-state index in [1.165, 1.54) is 7.11 Å². The SMILES string of the molecule is COCC(=O)N1CC2CC3C(O)C1C(C2)N3C(=O)OC(C)(C)C. The summed E-state index contributed by atoms with van der Waals surface area (Å²) in [5, 5.41) is 10.7. The predicted molar refractivity (Wildman–Crippen MR) is 81.8 cm³/mol. The molecular formula is C16H26N2O5. The number of likely N-dealkylation sites (tertiary alicyclic amines) is 1. The van der Waals surface area contributed by atoms with Gasteiger partial charge in [0.1, 0.15) is 12.2 Å². The number of amides is 2. The molecule has 0 saturated carbocycles. The Morgan fingerprint density at radius 3 is 2.48 bits per heavy atom. The van der Waals surface area contributed by atoms with E-state index in [0.29, 0.717) is 18.9 Å². The summed E-state index contributed by atoms with van der Waals surface area (Å²) in [7, 11) is 1.48. The molecule has 3 aliphatic heterocycles. The molecule has 23 heavy (non-hydrogen) atoms. The van der Waals surface area contributed by atoms with E-state index in [4.69, 9.17) is 9.47 Å². The van der Waals surface area contributed by atoms with Crippen molar-refractivity contribution in [2.45, 2.75) is 63.4 Å². The second-order valence-electron chi connectivity index (χ2n) is 7.82. The summed E-state index contributed by atoms with van der Waals surface area (Å²) in [6.07, 6.45) is 0.410. The molecule has 5 atom stereocenters. The fourth-order valence-corrected chi connectivity index (χ4v) is 4.32. The molecular weight excluding hydrogens is 300 g/mol. The van der Waals surface area contributed by atoms with E-state index < -0.39 is 17.8 Å². The quantitative estimate of drug-likeness (QED) is 0.804. The molecule has 0 radical (unpaired) electrons. The van der Waals surface area contributed by atoms with Gasteiger partial charge in [-0.1, -0.05) is 0 Å². The summed E-state index contributed by atoms with van der Waals surface area (Å²) in [4.78, 5) is 28.2. The van der Waals surface area contributed by atoms with Crippen molar-refractivity contribution < 1.29 is 24.2 Å². The molecule has 0 aliphatic carbocycles. The van der Waals surface area contributed by atoms with E-state index in [0.717, 1.165) is 6.42 Å². The molecule has 0 aromatic carbocycles. The highest BCUT2D eigenvalue weighted by Gasteiger charge is 2.61. The van der Waals surface area contributed by atoms with E-state index in [2.05, 4.69) is 0 Å². The van der Waals surface area contributed by atoms with Gasteiger partial charge < -0.3 is 19.5 Å². The Balaban J connectivity index is 1.84. The topological polar surface area (TPSA) is 79.3 Å². The smallest absolute Gasteiger partial charge is 0.410 e. The second kappa shape index (κ2) is 5.63. The fraction of sp³-hybridized carbons (Fsp3) is 0.875. The van der Waals surface area contributed by atoms with Crippen LogP contribution < -0.4 is 0 Å². The van der Waals surface area contributed by atoms with Gasteiger partial charge in [0, 0.05) is 13.7 Å². The van der Waals surface area contributed by atoms with Crippen LogP contribution in [0.25, 0.3) is 0 Å². The Hall–Kier alpha value is -1.34. The number of hydrogen-bond acceptors (Lipinski definition) is 5. The van der Waals surface area contributed by atoms with E-state index in [1.807, 2.05) is 20.8 Å². The van der Waals surface area contributed by atoms with E-state index in [1.54, 1.807) is 9.80 Å². The first-order valence-electron chi connectivity index (χ1n) is 8.20. The number of aliphatic hydroxyl groups is 1. The van der Waals surface area contributed by atoms with Crippen molar-refractivity contribution in [1.29, 1.82) is 0 Å². The van der Waals surface area contributed by atoms with Crippen molar-refractivity contribution in [2.24, 2.45) is 5.92 Å². The lowest BCUT2D eigenvalue weighted by atomic mass is 9.86. The maximum Gasteiger partial charge on any atom is 0.410 e. The summed E-state index contributed by atoms with van der Waals surface area (Å²) in [5.74, 6) is 0.191. The zero-order valence-corrected chi connectivity index (χ0v) is 14.2. The third-order valence-corrected chi connectivity index (χ3v) is 5.01. The Morgan fingerprint density at radius 2 is 1.87 bits per heavy atom. The molecule has 3 fully saturated rings. The van der Waals surface area contributed by atoms with E-state index in [9.17, 15) is 14.7 Å². The van der Waals surface area contributed by atoms with Gasteiger partial charge in [0.15, 0.2) is 0 Å². The van der Waals surface area contributed by atoms with Gasteiger partial charge in [-0.15, -0.1) is 0 Å². The lowest BCUT2D eigenvalue weighted by Crippen LogP contribution is -2.59. The van der Waals surface area contributed by atoms with Crippen molar-refractivity contribution in [1.82, 2.24) is 9.80 Å². The molecule has 3 saturated heterocycles. The third kappa shape index (κ3) is 2.80. The molecule has 0 spiro atoms. The Bertz CT molecular complexity index is 503. The van der Waals surface area contributed by atoms with Crippen molar-refractivity contribution in [3.8, 4) is 0 Å². The zero-order chi connectivity index (χ0) is 16.9. The second-order valence-corrected chi connectivity index (χ2v) is 7.82. The molecule has 5 unspecified atom stereocenters. The Morgan fingerprint density at radius 1 is 1.22 bits per heavy atom. The average Bonchev–Trinajstić information content (AvgIpc) is 2.53. The number of fused-ring (bicyclic) bond motifs is 2. The molecule has 3 aliphatic rings. The number of ether oxygens (including phenoxy) is 2. The normalized spacial score (nSPS) is 35.6. The van der Waals surface area contributed by atoms with Gasteiger partial charge in [-0.05, 0) is 39.5 Å². The van der Waals surface area contributed by atoms with Gasteiger partial charge in [-0.3, -0.25) is 9.69 Å². The number of carbonyl (C=O) groups is 2. The van der Waals surface area contributed by atoms with Crippen molar-refractivity contribution >= 4 is 12.0 Å².